The zero-order valence-electron chi connectivity index (χ0n) is 21.9. The van der Waals surface area contributed by atoms with Crippen molar-refractivity contribution in [3.63, 3.8) is 0 Å². The van der Waals surface area contributed by atoms with Crippen molar-refractivity contribution in [1.82, 2.24) is 5.32 Å². The third-order valence-corrected chi connectivity index (χ3v) is 7.74. The van der Waals surface area contributed by atoms with Gasteiger partial charge in [-0.3, -0.25) is 9.79 Å². The molecule has 0 radical (unpaired) electrons. The number of hydrogen-bond acceptors (Lipinski definition) is 7. The van der Waals surface area contributed by atoms with Crippen molar-refractivity contribution < 1.29 is 19.0 Å². The molecule has 9 heteroatoms. The normalized spacial score (nSPS) is 18.6. The summed E-state index contributed by atoms with van der Waals surface area (Å²) in [5.41, 5.74) is 10.7. The number of amides is 1. The van der Waals surface area contributed by atoms with Gasteiger partial charge in [-0.25, -0.2) is 0 Å². The molecule has 2 atom stereocenters. The molecule has 200 valence electrons. The van der Waals surface area contributed by atoms with Crippen molar-refractivity contribution in [2.24, 2.45) is 4.99 Å². The number of nitrogens with one attached hydrogen (secondary N) is 2. The molecule has 39 heavy (non-hydrogen) atoms. The van der Waals surface area contributed by atoms with Gasteiger partial charge in [-0.1, -0.05) is 54.3 Å². The number of ether oxygens (including phenoxy) is 3. The van der Waals surface area contributed by atoms with Crippen LogP contribution in [0.3, 0.4) is 0 Å². The number of nitrogens with two attached hydrogens (primary N) is 1. The Labute approximate surface area is 231 Å². The van der Waals surface area contributed by atoms with Crippen molar-refractivity contribution in [2.45, 2.75) is 17.8 Å². The van der Waals surface area contributed by atoms with E-state index in [0.29, 0.717) is 40.7 Å². The summed E-state index contributed by atoms with van der Waals surface area (Å²) in [6, 6.07) is 18.6. The molecular weight excluding hydrogens is 512 g/mol. The first-order valence-corrected chi connectivity index (χ1v) is 13.3. The number of methoxy groups -OCH3 is 3. The minimum Gasteiger partial charge on any atom is -0.493 e. The second-order valence-corrected chi connectivity index (χ2v) is 10.2. The number of fused-ring (bicyclic) bond motifs is 1. The summed E-state index contributed by atoms with van der Waals surface area (Å²) in [4.78, 5) is 17.4. The lowest BCUT2D eigenvalue weighted by molar-refractivity contribution is 0.102. The average molecular weight is 543 g/mol. The monoisotopic (exact) mass is 542 g/mol. The van der Waals surface area contributed by atoms with E-state index in [1.165, 1.54) is 0 Å². The molecule has 8 nitrogen and oxygen atoms in total. The predicted octanol–water partition coefficient (Wildman–Crippen LogP) is 5.13. The van der Waals surface area contributed by atoms with Gasteiger partial charge in [0.2, 0.25) is 5.75 Å². The number of benzene rings is 3. The van der Waals surface area contributed by atoms with Crippen molar-refractivity contribution in [3.05, 3.63) is 95.6 Å². The van der Waals surface area contributed by atoms with Crippen LogP contribution < -0.4 is 30.6 Å². The minimum atomic E-state index is -0.204. The zero-order valence-corrected chi connectivity index (χ0v) is 22.7. The number of aliphatic imine (C=N–C) groups is 1. The van der Waals surface area contributed by atoms with Gasteiger partial charge in [0.25, 0.3) is 5.91 Å². The molecule has 2 unspecified atom stereocenters. The number of carbonyl (C=O) groups is 1. The van der Waals surface area contributed by atoms with Gasteiger partial charge in [-0.2, -0.15) is 0 Å². The van der Waals surface area contributed by atoms with Crippen LogP contribution in [-0.2, 0) is 6.54 Å². The standard InChI is InChI=1S/C30H30N4O4S/c1-36-25-15-21(16-26(37-2)28(25)38-3)20-12-13-27-24(14-20)34-30(39-27)32-17-18-8-10-19(11-9-18)29(35)33-23-7-5-4-6-22(23)31/h4-16,24,27H,17,31H2,1-3H3,(H,32,34)(H,33,35). The first-order valence-electron chi connectivity index (χ1n) is 12.4. The molecule has 1 aliphatic heterocycles. The molecule has 2 aliphatic rings. The third-order valence-electron chi connectivity index (χ3n) is 6.54. The molecule has 1 amide bonds. The van der Waals surface area contributed by atoms with Crippen LogP contribution in [0.25, 0.3) is 5.57 Å². The molecule has 1 heterocycles. The second-order valence-electron chi connectivity index (χ2n) is 9.01. The molecule has 0 bridgehead atoms. The van der Waals surface area contributed by atoms with Gasteiger partial charge in [-0.15, -0.1) is 0 Å². The van der Waals surface area contributed by atoms with Crippen molar-refractivity contribution in [1.29, 1.82) is 0 Å². The van der Waals surface area contributed by atoms with Crippen LogP contribution in [0, 0.1) is 0 Å². The van der Waals surface area contributed by atoms with E-state index in [1.807, 2.05) is 36.4 Å². The Morgan fingerprint density at radius 1 is 1.03 bits per heavy atom. The molecule has 0 saturated carbocycles. The lowest BCUT2D eigenvalue weighted by atomic mass is 9.96. The number of anilines is 2. The summed E-state index contributed by atoms with van der Waals surface area (Å²) in [7, 11) is 4.82. The highest BCUT2D eigenvalue weighted by Crippen LogP contribution is 2.41. The number of nitrogen functional groups attached to an aromatic ring is 1. The Morgan fingerprint density at radius 3 is 2.41 bits per heavy atom. The van der Waals surface area contributed by atoms with Gasteiger partial charge in [-0.05, 0) is 53.1 Å². The Hall–Kier alpha value is -4.37. The molecule has 3 aromatic rings. The topological polar surface area (TPSA) is 107 Å². The fraction of sp³-hybridized carbons (Fsp3) is 0.200. The van der Waals surface area contributed by atoms with Gasteiger partial charge < -0.3 is 30.6 Å². The second kappa shape index (κ2) is 11.6. The predicted molar refractivity (Wildman–Crippen MR) is 158 cm³/mol. The summed E-state index contributed by atoms with van der Waals surface area (Å²) >= 11 is 1.71. The maximum absolute atomic E-state index is 12.6. The lowest BCUT2D eigenvalue weighted by Crippen LogP contribution is -2.30. The summed E-state index contributed by atoms with van der Waals surface area (Å²) in [6.45, 7) is 0.509. The van der Waals surface area contributed by atoms with Crippen LogP contribution in [0.5, 0.6) is 17.2 Å². The van der Waals surface area contributed by atoms with E-state index in [2.05, 4.69) is 28.9 Å². The molecule has 0 spiro atoms. The number of para-hydroxylation sites is 2. The van der Waals surface area contributed by atoms with E-state index in [4.69, 9.17) is 24.9 Å². The van der Waals surface area contributed by atoms with Gasteiger partial charge >= 0.3 is 0 Å². The quantitative estimate of drug-likeness (QED) is 0.339. The molecule has 1 saturated heterocycles. The molecule has 1 aliphatic carbocycles. The maximum Gasteiger partial charge on any atom is 0.255 e. The fourth-order valence-corrected chi connectivity index (χ4v) is 5.51. The minimum absolute atomic E-state index is 0.115. The van der Waals surface area contributed by atoms with Crippen LogP contribution in [0.2, 0.25) is 0 Å². The van der Waals surface area contributed by atoms with Crippen molar-refractivity contribution in [2.75, 3.05) is 32.4 Å². The molecule has 3 aromatic carbocycles. The zero-order chi connectivity index (χ0) is 27.4. The Bertz CT molecular complexity index is 1440. The summed E-state index contributed by atoms with van der Waals surface area (Å²) in [6.07, 6.45) is 6.51. The average Bonchev–Trinajstić information content (AvgIpc) is 3.39. The molecule has 4 N–H and O–H groups in total. The van der Waals surface area contributed by atoms with E-state index in [0.717, 1.165) is 21.9 Å². The van der Waals surface area contributed by atoms with Crippen molar-refractivity contribution >= 4 is 39.8 Å². The number of carbonyl (C=O) groups excluding carboxylic acids is 1. The number of rotatable bonds is 8. The van der Waals surface area contributed by atoms with Gasteiger partial charge in [0.05, 0.1) is 50.5 Å². The number of amidine groups is 1. The maximum atomic E-state index is 12.6. The SMILES string of the molecule is COc1cc(C2=CC3NC(=NCc4ccc(C(=O)Nc5ccccc5N)cc4)SC3C=C2)cc(OC)c1OC. The summed E-state index contributed by atoms with van der Waals surface area (Å²) in [5.74, 6) is 1.60. The highest BCUT2D eigenvalue weighted by molar-refractivity contribution is 8.14. The van der Waals surface area contributed by atoms with E-state index in [1.54, 1.807) is 57.4 Å². The molecule has 1 fully saturated rings. The fourth-order valence-electron chi connectivity index (χ4n) is 4.46. The number of allylic oxidation sites excluding steroid dienone is 2. The highest BCUT2D eigenvalue weighted by atomic mass is 32.2. The number of nitrogens with zero attached hydrogens (tertiary/aromatic N) is 1. The van der Waals surface area contributed by atoms with Crippen molar-refractivity contribution in [3.8, 4) is 17.2 Å². The third kappa shape index (κ3) is 5.73. The first-order chi connectivity index (χ1) is 19.0. The lowest BCUT2D eigenvalue weighted by Gasteiger charge is -2.19. The summed E-state index contributed by atoms with van der Waals surface area (Å²) < 4.78 is 16.5. The van der Waals surface area contributed by atoms with Gasteiger partial charge in [0.15, 0.2) is 16.7 Å². The summed E-state index contributed by atoms with van der Waals surface area (Å²) in [5, 5.41) is 7.52. The Kier molecular flexibility index (Phi) is 7.79. The van der Waals surface area contributed by atoms with E-state index >= 15 is 0 Å². The van der Waals surface area contributed by atoms with Crippen LogP contribution >= 0.6 is 11.8 Å². The van der Waals surface area contributed by atoms with E-state index < -0.39 is 0 Å². The highest BCUT2D eigenvalue weighted by Gasteiger charge is 2.31. The molecule has 0 aromatic heterocycles. The molecular formula is C30H30N4O4S. The van der Waals surface area contributed by atoms with Gasteiger partial charge in [0.1, 0.15) is 0 Å². The Morgan fingerprint density at radius 2 is 1.74 bits per heavy atom. The van der Waals surface area contributed by atoms with E-state index in [9.17, 15) is 4.79 Å². The number of thioether (sulfide) groups is 1. The van der Waals surface area contributed by atoms with Crippen LogP contribution in [-0.4, -0.2) is 43.7 Å². The first kappa shape index (κ1) is 26.2. The van der Waals surface area contributed by atoms with Gasteiger partial charge in [0, 0.05) is 5.56 Å². The smallest absolute Gasteiger partial charge is 0.255 e. The van der Waals surface area contributed by atoms with Crippen LogP contribution in [0.15, 0.2) is 83.9 Å². The Balaban J connectivity index is 1.23. The van der Waals surface area contributed by atoms with Crippen LogP contribution in [0.4, 0.5) is 11.4 Å². The largest absolute Gasteiger partial charge is 0.493 e. The molecule has 5 rings (SSSR count). The van der Waals surface area contributed by atoms with Crippen LogP contribution in [0.1, 0.15) is 21.5 Å². The number of hydrogen-bond donors (Lipinski definition) is 3. The van der Waals surface area contributed by atoms with E-state index in [-0.39, 0.29) is 17.2 Å².